The highest BCUT2D eigenvalue weighted by Gasteiger charge is 2.10. The van der Waals surface area contributed by atoms with E-state index in [0.29, 0.717) is 11.6 Å². The SMILES string of the molecule is CCSc1ccc(-c2cc3cc(-c4cnc(N)c(NSc5ccccc5)c4)ccc3nc2N)cc1. The van der Waals surface area contributed by atoms with Crippen LogP contribution >= 0.6 is 23.7 Å². The van der Waals surface area contributed by atoms with Crippen LogP contribution in [0, 0.1) is 0 Å². The summed E-state index contributed by atoms with van der Waals surface area (Å²) in [5.41, 5.74) is 18.1. The lowest BCUT2D eigenvalue weighted by Gasteiger charge is -2.12. The first kappa shape index (κ1) is 23.1. The van der Waals surface area contributed by atoms with E-state index in [-0.39, 0.29) is 0 Å². The second-order valence-electron chi connectivity index (χ2n) is 7.96. The van der Waals surface area contributed by atoms with E-state index >= 15 is 0 Å². The van der Waals surface area contributed by atoms with Crippen LogP contribution in [0.25, 0.3) is 33.2 Å². The topological polar surface area (TPSA) is 89.8 Å². The van der Waals surface area contributed by atoms with Crippen LogP contribution in [0.5, 0.6) is 0 Å². The molecule has 7 heteroatoms. The molecule has 0 saturated heterocycles. The second-order valence-corrected chi connectivity index (χ2v) is 10.2. The largest absolute Gasteiger partial charge is 0.383 e. The van der Waals surface area contributed by atoms with Gasteiger partial charge in [-0.25, -0.2) is 9.97 Å². The number of anilines is 3. The maximum absolute atomic E-state index is 6.33. The molecular weight excluding hydrogens is 470 g/mol. The molecule has 0 aliphatic rings. The number of rotatable bonds is 7. The van der Waals surface area contributed by atoms with E-state index in [1.165, 1.54) is 16.8 Å². The number of thioether (sulfide) groups is 1. The molecule has 0 bridgehead atoms. The molecule has 0 amide bonds. The van der Waals surface area contributed by atoms with Gasteiger partial charge < -0.3 is 16.2 Å². The van der Waals surface area contributed by atoms with Gasteiger partial charge in [-0.15, -0.1) is 11.8 Å². The summed E-state index contributed by atoms with van der Waals surface area (Å²) in [5.74, 6) is 2.03. The summed E-state index contributed by atoms with van der Waals surface area (Å²) in [6.07, 6.45) is 1.80. The van der Waals surface area contributed by atoms with E-state index in [0.717, 1.165) is 49.5 Å². The summed E-state index contributed by atoms with van der Waals surface area (Å²) in [6, 6.07) is 28.8. The predicted octanol–water partition coefficient (Wildman–Crippen LogP) is 7.36. The van der Waals surface area contributed by atoms with Crippen molar-refractivity contribution < 1.29 is 0 Å². The predicted molar refractivity (Wildman–Crippen MR) is 152 cm³/mol. The molecule has 2 heterocycles. The average molecular weight is 496 g/mol. The van der Waals surface area contributed by atoms with Gasteiger partial charge in [-0.3, -0.25) is 0 Å². The number of fused-ring (bicyclic) bond motifs is 1. The number of nitrogens with zero attached hydrogens (tertiary/aromatic N) is 2. The smallest absolute Gasteiger partial charge is 0.147 e. The fraction of sp³-hybridized carbons (Fsp3) is 0.0714. The third-order valence-electron chi connectivity index (χ3n) is 5.59. The highest BCUT2D eigenvalue weighted by atomic mass is 32.2. The Kier molecular flexibility index (Phi) is 6.79. The molecule has 0 unspecified atom stereocenters. The van der Waals surface area contributed by atoms with Crippen LogP contribution in [-0.2, 0) is 0 Å². The summed E-state index contributed by atoms with van der Waals surface area (Å²) < 4.78 is 3.33. The molecule has 0 saturated carbocycles. The van der Waals surface area contributed by atoms with Crippen molar-refractivity contribution >= 4 is 51.9 Å². The quantitative estimate of drug-likeness (QED) is 0.160. The number of nitrogens with two attached hydrogens (primary N) is 2. The summed E-state index contributed by atoms with van der Waals surface area (Å²) in [5, 5.41) is 1.02. The summed E-state index contributed by atoms with van der Waals surface area (Å²) >= 11 is 3.33. The van der Waals surface area contributed by atoms with Crippen LogP contribution in [0.2, 0.25) is 0 Å². The molecule has 2 aromatic heterocycles. The molecular formula is C28H25N5S2. The standard InChI is InChI=1S/C28H25N5S2/c1-2-34-22-11-8-18(9-12-22)24-15-20-14-19(10-13-25(20)32-27(24)29)21-16-26(28(30)31-17-21)33-35-23-6-4-3-5-7-23/h3-17,33H,2H2,1H3,(H2,29,32)(H2,30,31). The Balaban J connectivity index is 1.46. The van der Waals surface area contributed by atoms with Crippen molar-refractivity contribution in [2.24, 2.45) is 0 Å². The van der Waals surface area contributed by atoms with Crippen LogP contribution < -0.4 is 16.2 Å². The number of pyridine rings is 2. The number of benzene rings is 3. The molecule has 0 spiro atoms. The molecule has 174 valence electrons. The van der Waals surface area contributed by atoms with Gasteiger partial charge >= 0.3 is 0 Å². The molecule has 5 N–H and O–H groups in total. The minimum Gasteiger partial charge on any atom is -0.383 e. The van der Waals surface area contributed by atoms with E-state index < -0.39 is 0 Å². The first-order chi connectivity index (χ1) is 17.1. The summed E-state index contributed by atoms with van der Waals surface area (Å²) in [7, 11) is 0. The van der Waals surface area contributed by atoms with Gasteiger partial charge in [-0.05, 0) is 77.4 Å². The lowest BCUT2D eigenvalue weighted by atomic mass is 10.0. The molecule has 0 aliphatic heterocycles. The van der Waals surface area contributed by atoms with Gasteiger partial charge in [0.2, 0.25) is 0 Å². The van der Waals surface area contributed by atoms with Crippen LogP contribution in [-0.4, -0.2) is 15.7 Å². The molecule has 0 aliphatic carbocycles. The molecule has 35 heavy (non-hydrogen) atoms. The lowest BCUT2D eigenvalue weighted by molar-refractivity contribution is 1.34. The van der Waals surface area contributed by atoms with E-state index in [4.69, 9.17) is 11.5 Å². The Bertz CT molecular complexity index is 1470. The third kappa shape index (κ3) is 5.21. The Morgan fingerprint density at radius 3 is 2.31 bits per heavy atom. The maximum Gasteiger partial charge on any atom is 0.147 e. The van der Waals surface area contributed by atoms with Crippen molar-refractivity contribution in [2.75, 3.05) is 21.9 Å². The normalized spacial score (nSPS) is 11.0. The fourth-order valence-electron chi connectivity index (χ4n) is 3.82. The zero-order valence-corrected chi connectivity index (χ0v) is 20.9. The molecule has 5 nitrogen and oxygen atoms in total. The summed E-state index contributed by atoms with van der Waals surface area (Å²) in [6.45, 7) is 2.15. The van der Waals surface area contributed by atoms with Crippen molar-refractivity contribution in [3.05, 3.63) is 91.1 Å². The highest BCUT2D eigenvalue weighted by Crippen LogP contribution is 2.33. The summed E-state index contributed by atoms with van der Waals surface area (Å²) in [4.78, 5) is 11.4. The number of nitrogen functional groups attached to an aromatic ring is 2. The van der Waals surface area contributed by atoms with Crippen LogP contribution in [0.1, 0.15) is 6.92 Å². The Morgan fingerprint density at radius 1 is 0.771 bits per heavy atom. The van der Waals surface area contributed by atoms with E-state index in [1.54, 1.807) is 6.20 Å². The molecule has 5 rings (SSSR count). The number of hydrogen-bond donors (Lipinski definition) is 3. The van der Waals surface area contributed by atoms with Gasteiger partial charge in [0.25, 0.3) is 0 Å². The maximum atomic E-state index is 6.33. The van der Waals surface area contributed by atoms with Gasteiger partial charge in [0.05, 0.1) is 11.2 Å². The van der Waals surface area contributed by atoms with Gasteiger partial charge in [0.15, 0.2) is 0 Å². The Hall–Kier alpha value is -3.68. The van der Waals surface area contributed by atoms with E-state index in [1.807, 2.05) is 60.3 Å². The monoisotopic (exact) mass is 495 g/mol. The Morgan fingerprint density at radius 2 is 1.54 bits per heavy atom. The van der Waals surface area contributed by atoms with Gasteiger partial charge in [0, 0.05) is 32.5 Å². The molecule has 5 aromatic rings. The van der Waals surface area contributed by atoms with Crippen LogP contribution in [0.15, 0.2) is 101 Å². The zero-order chi connectivity index (χ0) is 24.2. The average Bonchev–Trinajstić information content (AvgIpc) is 2.89. The van der Waals surface area contributed by atoms with Crippen molar-refractivity contribution in [1.82, 2.24) is 9.97 Å². The minimum atomic E-state index is 0.458. The van der Waals surface area contributed by atoms with Crippen LogP contribution in [0.4, 0.5) is 17.3 Å². The first-order valence-electron chi connectivity index (χ1n) is 11.3. The Labute approximate surface area is 213 Å². The lowest BCUT2D eigenvalue weighted by Crippen LogP contribution is -1.98. The van der Waals surface area contributed by atoms with Gasteiger partial charge in [-0.2, -0.15) is 0 Å². The third-order valence-corrected chi connectivity index (χ3v) is 7.32. The molecule has 0 fully saturated rings. The van der Waals surface area contributed by atoms with Crippen molar-refractivity contribution in [2.45, 2.75) is 16.7 Å². The molecule has 3 aromatic carbocycles. The van der Waals surface area contributed by atoms with Crippen LogP contribution in [0.3, 0.4) is 0 Å². The first-order valence-corrected chi connectivity index (χ1v) is 13.1. The van der Waals surface area contributed by atoms with E-state index in [9.17, 15) is 0 Å². The second kappa shape index (κ2) is 10.3. The molecule has 0 radical (unpaired) electrons. The highest BCUT2D eigenvalue weighted by molar-refractivity contribution is 8.00. The number of hydrogen-bond acceptors (Lipinski definition) is 7. The number of nitrogens with one attached hydrogen (secondary N) is 1. The minimum absolute atomic E-state index is 0.458. The van der Waals surface area contributed by atoms with Crippen molar-refractivity contribution in [3.63, 3.8) is 0 Å². The van der Waals surface area contributed by atoms with Gasteiger partial charge in [0.1, 0.15) is 11.6 Å². The van der Waals surface area contributed by atoms with Crippen molar-refractivity contribution in [1.29, 1.82) is 0 Å². The molecule has 0 atom stereocenters. The zero-order valence-electron chi connectivity index (χ0n) is 19.2. The van der Waals surface area contributed by atoms with Crippen molar-refractivity contribution in [3.8, 4) is 22.3 Å². The van der Waals surface area contributed by atoms with E-state index in [2.05, 4.69) is 58.0 Å². The fourth-order valence-corrected chi connectivity index (χ4v) is 5.16. The number of aromatic nitrogens is 2. The van der Waals surface area contributed by atoms with Gasteiger partial charge in [-0.1, -0.05) is 43.3 Å².